The number of hydrogen-bond donors (Lipinski definition) is 1. The van der Waals surface area contributed by atoms with E-state index in [0.29, 0.717) is 6.42 Å². The summed E-state index contributed by atoms with van der Waals surface area (Å²) in [5.74, 6) is 0. The van der Waals surface area contributed by atoms with E-state index in [4.69, 9.17) is 27.0 Å². The van der Waals surface area contributed by atoms with Crippen LogP contribution in [0.5, 0.6) is 0 Å². The van der Waals surface area contributed by atoms with Gasteiger partial charge in [0.15, 0.2) is 6.29 Å². The van der Waals surface area contributed by atoms with E-state index < -0.39 is 55.8 Å². The van der Waals surface area contributed by atoms with Gasteiger partial charge in [-0.2, -0.15) is 0 Å². The van der Waals surface area contributed by atoms with Gasteiger partial charge in [0.1, 0.15) is 6.10 Å². The molecule has 4 unspecified atom stereocenters. The normalized spacial score (nSPS) is 25.1. The fourth-order valence-electron chi connectivity index (χ4n) is 1.65. The van der Waals surface area contributed by atoms with Gasteiger partial charge in [0.2, 0.25) is 31.2 Å². The van der Waals surface area contributed by atoms with Crippen molar-refractivity contribution in [2.24, 2.45) is 0 Å². The minimum absolute atomic E-state index is 0. The molecular formula is C8H14Na3O14S3-. The average Bonchev–Trinajstić information content (AvgIpc) is 2.35. The fraction of sp³-hybridized carbons (Fsp3) is 0.875. The first-order valence-corrected chi connectivity index (χ1v) is 10.1. The zero-order valence-corrected chi connectivity index (χ0v) is 24.0. The first-order chi connectivity index (χ1) is 11.1. The maximum Gasteiger partial charge on any atom is 1.00 e. The Hall–Kier alpha value is 2.53. The summed E-state index contributed by atoms with van der Waals surface area (Å²) in [6.45, 7) is 1.68. The monoisotopic (exact) mass is 499 g/mol. The molecule has 1 heterocycles. The van der Waals surface area contributed by atoms with Crippen LogP contribution in [0.3, 0.4) is 0 Å². The standard InChI is InChI=1S/C8H15O10S2.3Na.H2O4S/c1-3-5-4-6(17-19(9,10)11)7(8(15-2)16-5)18-20(12,13)14;;;;1-5(2,3)4/h4-8H,3H2,1-2H3,(H,9,10,11)(H,12,13,14);;;;(H2,1,2,3,4)/q-1;3*+1;/p-3. The summed E-state index contributed by atoms with van der Waals surface area (Å²) < 4.78 is 115. The van der Waals surface area contributed by atoms with E-state index in [0.717, 1.165) is 13.5 Å². The summed E-state index contributed by atoms with van der Waals surface area (Å²) in [6.07, 6.45) is -3.93. The van der Waals surface area contributed by atoms with Crippen molar-refractivity contribution in [3.63, 3.8) is 0 Å². The molecule has 0 aliphatic carbocycles. The Morgan fingerprint density at radius 3 is 1.64 bits per heavy atom. The van der Waals surface area contributed by atoms with E-state index in [9.17, 15) is 25.9 Å². The molecule has 1 aliphatic rings. The van der Waals surface area contributed by atoms with Gasteiger partial charge in [-0.3, -0.25) is 15.2 Å². The second-order valence-corrected chi connectivity index (χ2v) is 7.12. The quantitative estimate of drug-likeness (QED) is 0.155. The molecule has 0 aromatic carbocycles. The summed E-state index contributed by atoms with van der Waals surface area (Å²) in [4.78, 5) is 0. The SMILES string of the molecule is CCC1[CH-]C(OS(=O)(=O)[O-])C(OS(=O)(=O)[O-])C(OC)O1.O=S(=O)([O-])O.[Na+].[Na+].[Na+]. The van der Waals surface area contributed by atoms with Crippen LogP contribution in [0, 0.1) is 6.42 Å². The van der Waals surface area contributed by atoms with Gasteiger partial charge < -0.3 is 27.3 Å². The topological polar surface area (TPSA) is 229 Å². The third-order valence-electron chi connectivity index (χ3n) is 2.40. The van der Waals surface area contributed by atoms with E-state index in [1.807, 2.05) is 0 Å². The van der Waals surface area contributed by atoms with E-state index in [-0.39, 0.29) is 88.7 Å². The van der Waals surface area contributed by atoms with Crippen molar-refractivity contribution < 1.29 is 150 Å². The number of methoxy groups -OCH3 is 1. The van der Waals surface area contributed by atoms with Gasteiger partial charge >= 0.3 is 88.7 Å². The van der Waals surface area contributed by atoms with Gasteiger partial charge in [-0.1, -0.05) is 19.4 Å². The predicted molar refractivity (Wildman–Crippen MR) is 71.7 cm³/mol. The van der Waals surface area contributed by atoms with Crippen molar-refractivity contribution in [3.05, 3.63) is 6.42 Å². The molecule has 0 amide bonds. The molecule has 1 rings (SSSR count). The number of hydrogen-bond acceptors (Lipinski definition) is 13. The molecule has 152 valence electrons. The molecule has 0 saturated carbocycles. The number of ether oxygens (including phenoxy) is 2. The first kappa shape index (κ1) is 37.8. The molecule has 14 nitrogen and oxygen atoms in total. The van der Waals surface area contributed by atoms with Crippen LogP contribution >= 0.6 is 0 Å². The minimum Gasteiger partial charge on any atom is -0.726 e. The van der Waals surface area contributed by atoms with Gasteiger partial charge in [-0.25, -0.2) is 25.3 Å². The van der Waals surface area contributed by atoms with Gasteiger partial charge in [0.05, 0.1) is 0 Å². The second kappa shape index (κ2) is 16.2. The fourth-order valence-corrected chi connectivity index (χ4v) is 2.57. The third kappa shape index (κ3) is 20.4. The Morgan fingerprint density at radius 2 is 1.36 bits per heavy atom. The molecule has 1 fully saturated rings. The summed E-state index contributed by atoms with van der Waals surface area (Å²) >= 11 is 0. The Kier molecular flexibility index (Phi) is 21.9. The van der Waals surface area contributed by atoms with Crippen LogP contribution in [0.4, 0.5) is 0 Å². The molecule has 28 heavy (non-hydrogen) atoms. The molecule has 1 saturated heterocycles. The van der Waals surface area contributed by atoms with Crippen LogP contribution in [0.1, 0.15) is 13.3 Å². The Balaban J connectivity index is -0.000000321. The molecule has 0 aromatic rings. The van der Waals surface area contributed by atoms with Gasteiger partial charge in [-0.05, 0) is 6.10 Å². The van der Waals surface area contributed by atoms with Crippen LogP contribution in [-0.2, 0) is 49.0 Å². The largest absolute Gasteiger partial charge is 1.00 e. The van der Waals surface area contributed by atoms with Crippen LogP contribution in [0.15, 0.2) is 0 Å². The maximum atomic E-state index is 10.6. The zero-order chi connectivity index (χ0) is 20.1. The molecule has 4 atom stereocenters. The summed E-state index contributed by atoms with van der Waals surface area (Å²) in [6, 6.07) is 0. The number of rotatable bonds is 6. The van der Waals surface area contributed by atoms with Crippen LogP contribution < -0.4 is 88.7 Å². The van der Waals surface area contributed by atoms with Crippen molar-refractivity contribution >= 4 is 31.2 Å². The molecule has 1 aliphatic heterocycles. The molecule has 1 N–H and O–H groups in total. The van der Waals surface area contributed by atoms with Gasteiger partial charge in [0.25, 0.3) is 0 Å². The van der Waals surface area contributed by atoms with E-state index in [1.165, 1.54) is 0 Å². The maximum absolute atomic E-state index is 10.6. The zero-order valence-electron chi connectivity index (χ0n) is 15.6. The molecule has 0 bridgehead atoms. The van der Waals surface area contributed by atoms with Crippen LogP contribution in [0.25, 0.3) is 0 Å². The Labute approximate surface area is 229 Å². The van der Waals surface area contributed by atoms with E-state index in [2.05, 4.69) is 8.37 Å². The second-order valence-electron chi connectivity index (χ2n) is 4.25. The molecule has 20 heteroatoms. The molecular weight excluding hydrogens is 485 g/mol. The smallest absolute Gasteiger partial charge is 0.726 e. The summed E-state index contributed by atoms with van der Waals surface area (Å²) in [5.41, 5.74) is 0. The Morgan fingerprint density at radius 1 is 0.964 bits per heavy atom. The summed E-state index contributed by atoms with van der Waals surface area (Å²) in [5, 5.41) is 0. The van der Waals surface area contributed by atoms with Gasteiger partial charge in [-0.15, -0.1) is 0 Å². The molecule has 0 spiro atoms. The van der Waals surface area contributed by atoms with Crippen LogP contribution in [0.2, 0.25) is 0 Å². The van der Waals surface area contributed by atoms with E-state index in [1.54, 1.807) is 6.92 Å². The van der Waals surface area contributed by atoms with Crippen LogP contribution in [-0.4, -0.2) is 75.2 Å². The van der Waals surface area contributed by atoms with Crippen molar-refractivity contribution in [2.75, 3.05) is 7.11 Å². The minimum atomic E-state index is -5.19. The summed E-state index contributed by atoms with van der Waals surface area (Å²) in [7, 11) is -14.1. The van der Waals surface area contributed by atoms with Crippen molar-refractivity contribution in [3.8, 4) is 0 Å². The predicted octanol–water partition coefficient (Wildman–Crippen LogP) is -11.3. The van der Waals surface area contributed by atoms with E-state index >= 15 is 0 Å². The van der Waals surface area contributed by atoms with Crippen molar-refractivity contribution in [1.82, 2.24) is 0 Å². The van der Waals surface area contributed by atoms with Gasteiger partial charge in [0, 0.05) is 7.11 Å². The first-order valence-electron chi connectivity index (χ1n) is 6.05. The average molecular weight is 499 g/mol. The molecule has 0 aromatic heterocycles. The van der Waals surface area contributed by atoms with Crippen molar-refractivity contribution in [1.29, 1.82) is 0 Å². The molecule has 0 radical (unpaired) electrons. The third-order valence-corrected chi connectivity index (χ3v) is 3.31. The Bertz CT molecular complexity index is 715. The van der Waals surface area contributed by atoms with Crippen molar-refractivity contribution in [2.45, 2.75) is 37.9 Å².